The molecule has 2 aromatic carbocycles. The Morgan fingerprint density at radius 1 is 1.12 bits per heavy atom. The molecule has 1 N–H and O–H groups in total. The Bertz CT molecular complexity index is 954. The van der Waals surface area contributed by atoms with Crippen LogP contribution in [0.15, 0.2) is 47.4 Å². The summed E-state index contributed by atoms with van der Waals surface area (Å²) >= 11 is 0. The molecule has 9 heteroatoms. The van der Waals surface area contributed by atoms with Crippen molar-refractivity contribution < 1.29 is 26.4 Å². The highest BCUT2D eigenvalue weighted by molar-refractivity contribution is 7.92. The van der Waals surface area contributed by atoms with Crippen LogP contribution in [0.2, 0.25) is 0 Å². The Balaban J connectivity index is 1.84. The van der Waals surface area contributed by atoms with Crippen LogP contribution < -0.4 is 9.62 Å². The van der Waals surface area contributed by atoms with Crippen molar-refractivity contribution in [3.05, 3.63) is 53.6 Å². The number of hydrogen-bond acceptors (Lipinski definition) is 3. The fraction of sp³-hybridized carbons (Fsp3) is 0.235. The molecule has 138 valence electrons. The average Bonchev–Trinajstić information content (AvgIpc) is 2.97. The minimum atomic E-state index is -4.49. The number of fused-ring (bicyclic) bond motifs is 1. The number of carbonyl (C=O) groups is 1. The van der Waals surface area contributed by atoms with Gasteiger partial charge in [-0.15, -0.1) is 0 Å². The normalized spacial score (nSPS) is 14.2. The molecule has 0 fully saturated rings. The van der Waals surface area contributed by atoms with E-state index < -0.39 is 21.8 Å². The molecule has 1 heterocycles. The van der Waals surface area contributed by atoms with Gasteiger partial charge < -0.3 is 4.90 Å². The molecule has 3 rings (SSSR count). The first-order valence-corrected chi connectivity index (χ1v) is 9.17. The van der Waals surface area contributed by atoms with Crippen molar-refractivity contribution in [3.63, 3.8) is 0 Å². The third-order valence-electron chi connectivity index (χ3n) is 4.10. The van der Waals surface area contributed by atoms with Gasteiger partial charge in [-0.05, 0) is 54.4 Å². The molecule has 0 atom stereocenters. The number of sulfonamides is 1. The van der Waals surface area contributed by atoms with Crippen LogP contribution in [-0.2, 0) is 27.4 Å². The zero-order valence-electron chi connectivity index (χ0n) is 13.7. The molecule has 0 saturated heterocycles. The minimum Gasteiger partial charge on any atom is -0.312 e. The van der Waals surface area contributed by atoms with E-state index in [9.17, 15) is 26.4 Å². The molecule has 0 radical (unpaired) electrons. The lowest BCUT2D eigenvalue weighted by molar-refractivity contribution is -0.137. The molecular formula is C17H15F3N2O3S. The molecular weight excluding hydrogens is 369 g/mol. The Kier molecular flexibility index (Phi) is 4.43. The predicted molar refractivity (Wildman–Crippen MR) is 90.4 cm³/mol. The number of carbonyl (C=O) groups excluding carboxylic acids is 1. The van der Waals surface area contributed by atoms with Gasteiger partial charge in [0.1, 0.15) is 0 Å². The molecule has 1 aliphatic rings. The lowest BCUT2D eigenvalue weighted by Gasteiger charge is -2.15. The second-order valence-electron chi connectivity index (χ2n) is 5.89. The summed E-state index contributed by atoms with van der Waals surface area (Å²) in [6.45, 7) is 1.92. The van der Waals surface area contributed by atoms with Crippen LogP contribution >= 0.6 is 0 Å². The predicted octanol–water partition coefficient (Wildman–Crippen LogP) is 3.42. The zero-order valence-corrected chi connectivity index (χ0v) is 14.5. The van der Waals surface area contributed by atoms with E-state index in [1.807, 2.05) is 0 Å². The number of rotatable bonds is 3. The smallest absolute Gasteiger partial charge is 0.312 e. The summed E-state index contributed by atoms with van der Waals surface area (Å²) in [5.74, 6) is -0.123. The van der Waals surface area contributed by atoms with Crippen molar-refractivity contribution in [2.45, 2.75) is 24.4 Å². The number of halogens is 3. The summed E-state index contributed by atoms with van der Waals surface area (Å²) in [5.41, 5.74) is 0.577. The van der Waals surface area contributed by atoms with Crippen molar-refractivity contribution in [3.8, 4) is 0 Å². The number of nitrogens with one attached hydrogen (secondary N) is 1. The molecule has 0 spiro atoms. The Hall–Kier alpha value is -2.55. The maximum atomic E-state index is 12.6. The first-order chi connectivity index (χ1) is 12.1. The summed E-state index contributed by atoms with van der Waals surface area (Å²) < 4.78 is 64.9. The molecule has 0 unspecified atom stereocenters. The summed E-state index contributed by atoms with van der Waals surface area (Å²) in [6.07, 6.45) is -3.95. The van der Waals surface area contributed by atoms with Gasteiger partial charge in [-0.1, -0.05) is 0 Å². The van der Waals surface area contributed by atoms with Crippen molar-refractivity contribution in [1.82, 2.24) is 0 Å². The molecule has 2 aromatic rings. The van der Waals surface area contributed by atoms with Gasteiger partial charge in [-0.25, -0.2) is 8.42 Å². The quantitative estimate of drug-likeness (QED) is 0.882. The van der Waals surface area contributed by atoms with E-state index in [0.717, 1.165) is 29.8 Å². The van der Waals surface area contributed by atoms with Crippen LogP contribution in [0.1, 0.15) is 18.1 Å². The van der Waals surface area contributed by atoms with Crippen LogP contribution in [0.5, 0.6) is 0 Å². The number of alkyl halides is 3. The van der Waals surface area contributed by atoms with Gasteiger partial charge in [-0.2, -0.15) is 13.2 Å². The summed E-state index contributed by atoms with van der Waals surface area (Å²) in [6, 6.07) is 8.15. The fourth-order valence-corrected chi connectivity index (χ4v) is 3.92. The number of benzene rings is 2. The van der Waals surface area contributed by atoms with E-state index in [4.69, 9.17) is 0 Å². The summed E-state index contributed by atoms with van der Waals surface area (Å²) in [4.78, 5) is 13.1. The highest BCUT2D eigenvalue weighted by Crippen LogP contribution is 2.32. The molecule has 0 aromatic heterocycles. The molecule has 1 amide bonds. The standard InChI is InChI=1S/C17H15F3N2O3S/c1-11(23)22-9-8-12-10-15(6-7-16(12)22)26(24,25)21-14-4-2-13(3-5-14)17(18,19)20/h2-7,10,21H,8-9H2,1H3. The van der Waals surface area contributed by atoms with Crippen LogP contribution in [0.3, 0.4) is 0 Å². The minimum absolute atomic E-state index is 0.0125. The van der Waals surface area contributed by atoms with Crippen molar-refractivity contribution >= 4 is 27.3 Å². The van der Waals surface area contributed by atoms with E-state index >= 15 is 0 Å². The Morgan fingerprint density at radius 3 is 2.35 bits per heavy atom. The van der Waals surface area contributed by atoms with E-state index in [1.54, 1.807) is 11.0 Å². The van der Waals surface area contributed by atoms with E-state index in [1.165, 1.54) is 19.1 Å². The van der Waals surface area contributed by atoms with Crippen molar-refractivity contribution in [2.75, 3.05) is 16.2 Å². The van der Waals surface area contributed by atoms with E-state index in [0.29, 0.717) is 18.7 Å². The molecule has 26 heavy (non-hydrogen) atoms. The third kappa shape index (κ3) is 3.52. The molecule has 0 aliphatic carbocycles. The molecule has 1 aliphatic heterocycles. The number of anilines is 2. The Morgan fingerprint density at radius 2 is 1.77 bits per heavy atom. The third-order valence-corrected chi connectivity index (χ3v) is 5.48. The highest BCUT2D eigenvalue weighted by atomic mass is 32.2. The topological polar surface area (TPSA) is 66.5 Å². The maximum absolute atomic E-state index is 12.6. The zero-order chi connectivity index (χ0) is 19.1. The van der Waals surface area contributed by atoms with Crippen LogP contribution in [-0.4, -0.2) is 20.9 Å². The lowest BCUT2D eigenvalue weighted by Crippen LogP contribution is -2.25. The summed E-state index contributed by atoms with van der Waals surface area (Å²) in [7, 11) is -3.96. The molecule has 5 nitrogen and oxygen atoms in total. The first-order valence-electron chi connectivity index (χ1n) is 7.69. The van der Waals surface area contributed by atoms with E-state index in [2.05, 4.69) is 4.72 Å². The number of nitrogens with zero attached hydrogens (tertiary/aromatic N) is 1. The number of amides is 1. The van der Waals surface area contributed by atoms with Gasteiger partial charge in [0, 0.05) is 24.8 Å². The largest absolute Gasteiger partial charge is 0.416 e. The molecule has 0 saturated carbocycles. The van der Waals surface area contributed by atoms with Gasteiger partial charge in [0.25, 0.3) is 10.0 Å². The monoisotopic (exact) mass is 384 g/mol. The average molecular weight is 384 g/mol. The van der Waals surface area contributed by atoms with Gasteiger partial charge in [0.05, 0.1) is 10.5 Å². The van der Waals surface area contributed by atoms with E-state index in [-0.39, 0.29) is 16.5 Å². The van der Waals surface area contributed by atoms with Gasteiger partial charge >= 0.3 is 6.18 Å². The van der Waals surface area contributed by atoms with Crippen LogP contribution in [0.25, 0.3) is 0 Å². The molecule has 0 bridgehead atoms. The lowest BCUT2D eigenvalue weighted by atomic mass is 10.2. The van der Waals surface area contributed by atoms with Gasteiger partial charge in [0.2, 0.25) is 5.91 Å². The first kappa shape index (κ1) is 18.2. The summed E-state index contributed by atoms with van der Waals surface area (Å²) in [5, 5.41) is 0. The maximum Gasteiger partial charge on any atom is 0.416 e. The van der Waals surface area contributed by atoms with Crippen LogP contribution in [0, 0.1) is 0 Å². The van der Waals surface area contributed by atoms with Crippen molar-refractivity contribution in [2.24, 2.45) is 0 Å². The second-order valence-corrected chi connectivity index (χ2v) is 7.57. The SMILES string of the molecule is CC(=O)N1CCc2cc(S(=O)(=O)Nc3ccc(C(F)(F)F)cc3)ccc21. The van der Waals surface area contributed by atoms with Gasteiger partial charge in [0.15, 0.2) is 0 Å². The fourth-order valence-electron chi connectivity index (χ4n) is 2.81. The van der Waals surface area contributed by atoms with Crippen molar-refractivity contribution in [1.29, 1.82) is 0 Å². The second kappa shape index (κ2) is 6.31. The highest BCUT2D eigenvalue weighted by Gasteiger charge is 2.30. The number of hydrogen-bond donors (Lipinski definition) is 1. The van der Waals surface area contributed by atoms with Gasteiger partial charge in [-0.3, -0.25) is 9.52 Å². The Labute approximate surface area is 148 Å². The van der Waals surface area contributed by atoms with Crippen LogP contribution in [0.4, 0.5) is 24.5 Å².